The zero-order chi connectivity index (χ0) is 13.9. The third-order valence-electron chi connectivity index (χ3n) is 4.61. The lowest BCUT2D eigenvalue weighted by Gasteiger charge is -2.45. The minimum Gasteiger partial charge on any atom is -0.314 e. The summed E-state index contributed by atoms with van der Waals surface area (Å²) in [5, 5.41) is 3.52. The Labute approximate surface area is 118 Å². The summed E-state index contributed by atoms with van der Waals surface area (Å²) in [6.45, 7) is 13.6. The highest BCUT2D eigenvalue weighted by molar-refractivity contribution is 5.24. The van der Waals surface area contributed by atoms with E-state index < -0.39 is 0 Å². The monoisotopic (exact) mass is 260 g/mol. The summed E-state index contributed by atoms with van der Waals surface area (Å²) < 4.78 is 0. The number of hydrogen-bond donors (Lipinski definition) is 1. The highest BCUT2D eigenvalue weighted by atomic mass is 15.2. The van der Waals surface area contributed by atoms with Crippen molar-refractivity contribution in [2.24, 2.45) is 0 Å². The summed E-state index contributed by atoms with van der Waals surface area (Å²) in [5.74, 6) is 0.620. The topological polar surface area (TPSA) is 15.3 Å². The van der Waals surface area contributed by atoms with Crippen LogP contribution in [0.5, 0.6) is 0 Å². The molecule has 2 nitrogen and oxygen atoms in total. The number of hydrogen-bond acceptors (Lipinski definition) is 2. The van der Waals surface area contributed by atoms with Gasteiger partial charge in [0.25, 0.3) is 0 Å². The van der Waals surface area contributed by atoms with Crippen molar-refractivity contribution in [1.29, 1.82) is 0 Å². The lowest BCUT2D eigenvalue weighted by Crippen LogP contribution is -2.58. The average Bonchev–Trinajstić information content (AvgIpc) is 2.42. The molecule has 0 radical (unpaired) electrons. The van der Waals surface area contributed by atoms with Gasteiger partial charge in [0.15, 0.2) is 0 Å². The van der Waals surface area contributed by atoms with E-state index >= 15 is 0 Å². The van der Waals surface area contributed by atoms with Crippen LogP contribution in [0.1, 0.15) is 51.2 Å². The van der Waals surface area contributed by atoms with Crippen LogP contribution in [0.4, 0.5) is 0 Å². The molecular weight excluding hydrogens is 232 g/mol. The number of benzene rings is 1. The van der Waals surface area contributed by atoms with Crippen molar-refractivity contribution in [2.45, 2.75) is 52.1 Å². The molecule has 0 saturated carbocycles. The summed E-state index contributed by atoms with van der Waals surface area (Å²) in [6.07, 6.45) is 1.20. The minimum atomic E-state index is 0.301. The molecule has 106 valence electrons. The highest BCUT2D eigenvalue weighted by Gasteiger charge is 2.32. The van der Waals surface area contributed by atoms with Gasteiger partial charge in [-0.15, -0.1) is 0 Å². The van der Waals surface area contributed by atoms with E-state index in [1.807, 2.05) is 0 Å². The van der Waals surface area contributed by atoms with E-state index in [0.717, 1.165) is 26.2 Å². The Hall–Kier alpha value is -0.860. The third kappa shape index (κ3) is 3.37. The molecular formula is C17H28N2. The fourth-order valence-corrected chi connectivity index (χ4v) is 2.80. The Morgan fingerprint density at radius 3 is 2.53 bits per heavy atom. The van der Waals surface area contributed by atoms with Gasteiger partial charge < -0.3 is 5.32 Å². The molecule has 1 aliphatic heterocycles. The van der Waals surface area contributed by atoms with Crippen LogP contribution >= 0.6 is 0 Å². The van der Waals surface area contributed by atoms with E-state index in [0.29, 0.717) is 11.5 Å². The van der Waals surface area contributed by atoms with Crippen LogP contribution in [-0.4, -0.2) is 30.1 Å². The molecule has 0 spiro atoms. The molecule has 1 N–H and O–H groups in total. The van der Waals surface area contributed by atoms with Crippen molar-refractivity contribution in [2.75, 3.05) is 19.6 Å². The molecule has 2 heteroatoms. The maximum Gasteiger partial charge on any atom is 0.0307 e. The molecule has 19 heavy (non-hydrogen) atoms. The Kier molecular flexibility index (Phi) is 4.64. The highest BCUT2D eigenvalue weighted by Crippen LogP contribution is 2.24. The minimum absolute atomic E-state index is 0.301. The first-order chi connectivity index (χ1) is 9.05. The van der Waals surface area contributed by atoms with Crippen LogP contribution in [-0.2, 0) is 6.54 Å². The molecule has 1 atom stereocenters. The lowest BCUT2D eigenvalue weighted by molar-refractivity contribution is 0.0637. The van der Waals surface area contributed by atoms with Crippen molar-refractivity contribution >= 4 is 0 Å². The van der Waals surface area contributed by atoms with Crippen molar-refractivity contribution in [1.82, 2.24) is 10.2 Å². The summed E-state index contributed by atoms with van der Waals surface area (Å²) in [7, 11) is 0. The predicted molar refractivity (Wildman–Crippen MR) is 82.5 cm³/mol. The van der Waals surface area contributed by atoms with Crippen LogP contribution in [0, 0.1) is 0 Å². The third-order valence-corrected chi connectivity index (χ3v) is 4.61. The molecule has 0 aliphatic carbocycles. The number of piperazine rings is 1. The van der Waals surface area contributed by atoms with Gasteiger partial charge in [0.1, 0.15) is 0 Å². The first-order valence-corrected chi connectivity index (χ1v) is 7.60. The van der Waals surface area contributed by atoms with Crippen molar-refractivity contribution in [3.05, 3.63) is 35.4 Å². The summed E-state index contributed by atoms with van der Waals surface area (Å²) in [4.78, 5) is 2.63. The van der Waals surface area contributed by atoms with E-state index in [1.165, 1.54) is 17.5 Å². The molecule has 1 aromatic rings. The second-order valence-electron chi connectivity index (χ2n) is 6.35. The quantitative estimate of drug-likeness (QED) is 0.893. The molecule has 1 saturated heterocycles. The predicted octanol–water partition coefficient (Wildman–Crippen LogP) is 3.38. The maximum atomic E-state index is 3.52. The largest absolute Gasteiger partial charge is 0.314 e. The molecule has 0 amide bonds. The van der Waals surface area contributed by atoms with Crippen LogP contribution in [0.25, 0.3) is 0 Å². The van der Waals surface area contributed by atoms with Gasteiger partial charge in [-0.1, -0.05) is 45.0 Å². The molecule has 1 aliphatic rings. The first kappa shape index (κ1) is 14.5. The van der Waals surface area contributed by atoms with Gasteiger partial charge >= 0.3 is 0 Å². The van der Waals surface area contributed by atoms with Gasteiger partial charge in [-0.3, -0.25) is 4.90 Å². The van der Waals surface area contributed by atoms with Crippen LogP contribution < -0.4 is 5.32 Å². The van der Waals surface area contributed by atoms with E-state index in [2.05, 4.69) is 62.2 Å². The van der Waals surface area contributed by atoms with Crippen LogP contribution in [0.15, 0.2) is 24.3 Å². The normalized spacial score (nSPS) is 24.9. The van der Waals surface area contributed by atoms with Crippen LogP contribution in [0.2, 0.25) is 0 Å². The molecule has 1 aromatic carbocycles. The van der Waals surface area contributed by atoms with E-state index in [-0.39, 0.29) is 0 Å². The molecule has 1 fully saturated rings. The lowest BCUT2D eigenvalue weighted by atomic mass is 9.93. The Balaban J connectivity index is 2.07. The van der Waals surface area contributed by atoms with E-state index in [1.54, 1.807) is 0 Å². The fraction of sp³-hybridized carbons (Fsp3) is 0.647. The zero-order valence-corrected chi connectivity index (χ0v) is 12.9. The Morgan fingerprint density at radius 1 is 1.26 bits per heavy atom. The van der Waals surface area contributed by atoms with E-state index in [9.17, 15) is 0 Å². The second kappa shape index (κ2) is 6.06. The molecule has 2 rings (SSSR count). The van der Waals surface area contributed by atoms with Gasteiger partial charge in [0.05, 0.1) is 0 Å². The zero-order valence-electron chi connectivity index (χ0n) is 12.9. The molecule has 1 unspecified atom stereocenters. The summed E-state index contributed by atoms with van der Waals surface area (Å²) >= 11 is 0. The number of rotatable bonds is 4. The van der Waals surface area contributed by atoms with Crippen LogP contribution in [0.3, 0.4) is 0 Å². The Morgan fingerprint density at radius 2 is 1.95 bits per heavy atom. The molecule has 0 aromatic heterocycles. The molecule has 1 heterocycles. The fourth-order valence-electron chi connectivity index (χ4n) is 2.80. The average molecular weight is 260 g/mol. The number of nitrogens with one attached hydrogen (secondary N) is 1. The van der Waals surface area contributed by atoms with Crippen molar-refractivity contribution in [3.63, 3.8) is 0 Å². The van der Waals surface area contributed by atoms with Gasteiger partial charge in [-0.05, 0) is 30.4 Å². The number of nitrogens with zero attached hydrogens (tertiary/aromatic N) is 1. The second-order valence-corrected chi connectivity index (χ2v) is 6.35. The van der Waals surface area contributed by atoms with E-state index in [4.69, 9.17) is 0 Å². The summed E-state index contributed by atoms with van der Waals surface area (Å²) in [6, 6.07) is 9.16. The standard InChI is InChI=1S/C17H28N2/c1-5-17(4)13-18-10-11-19(17)12-15-6-8-16(9-7-15)14(2)3/h6-9,14,18H,5,10-13H2,1-4H3. The van der Waals surface area contributed by atoms with Gasteiger partial charge in [0.2, 0.25) is 0 Å². The SMILES string of the molecule is CCC1(C)CNCCN1Cc1ccc(C(C)C)cc1. The van der Waals surface area contributed by atoms with Crippen molar-refractivity contribution in [3.8, 4) is 0 Å². The molecule has 0 bridgehead atoms. The first-order valence-electron chi connectivity index (χ1n) is 7.60. The maximum absolute atomic E-state index is 3.52. The summed E-state index contributed by atoms with van der Waals surface area (Å²) in [5.41, 5.74) is 3.17. The smallest absolute Gasteiger partial charge is 0.0307 e. The van der Waals surface area contributed by atoms with Gasteiger partial charge in [0, 0.05) is 31.7 Å². The van der Waals surface area contributed by atoms with Crippen molar-refractivity contribution < 1.29 is 0 Å². The Bertz CT molecular complexity index is 396. The van der Waals surface area contributed by atoms with Gasteiger partial charge in [-0.25, -0.2) is 0 Å². The van der Waals surface area contributed by atoms with Gasteiger partial charge in [-0.2, -0.15) is 0 Å².